The summed E-state index contributed by atoms with van der Waals surface area (Å²) in [5.41, 5.74) is 1.50. The van der Waals surface area contributed by atoms with Crippen LogP contribution < -0.4 is 15.5 Å². The van der Waals surface area contributed by atoms with E-state index in [4.69, 9.17) is 4.74 Å². The van der Waals surface area contributed by atoms with E-state index < -0.39 is 17.2 Å². The largest absolute Gasteiger partial charge is 0.451 e. The van der Waals surface area contributed by atoms with Gasteiger partial charge in [-0.25, -0.2) is 9.37 Å². The van der Waals surface area contributed by atoms with Crippen LogP contribution in [-0.2, 0) is 13.0 Å². The summed E-state index contributed by atoms with van der Waals surface area (Å²) in [5.74, 6) is -0.356. The van der Waals surface area contributed by atoms with E-state index in [-0.39, 0.29) is 22.4 Å². The number of aromatic nitrogens is 4. The van der Waals surface area contributed by atoms with Gasteiger partial charge in [0.25, 0.3) is 5.91 Å². The highest BCUT2D eigenvalue weighted by Gasteiger charge is 2.29. The zero-order valence-electron chi connectivity index (χ0n) is 21.9. The lowest BCUT2D eigenvalue weighted by Gasteiger charge is -2.26. The second kappa shape index (κ2) is 10.6. The third-order valence-corrected chi connectivity index (χ3v) is 6.99. The third kappa shape index (κ3) is 4.68. The average molecular weight is 539 g/mol. The molecule has 0 aliphatic carbocycles. The fourth-order valence-electron chi connectivity index (χ4n) is 4.91. The van der Waals surface area contributed by atoms with Gasteiger partial charge in [0.2, 0.25) is 5.43 Å². The van der Waals surface area contributed by atoms with Gasteiger partial charge in [0.05, 0.1) is 17.4 Å². The Morgan fingerprint density at radius 3 is 2.80 bits per heavy atom. The SMILES string of the molecule is CN(CCc1ccccn1)C(=O)c1cn2c3c(c(NCCCn4ccnc4)c(F)cc3c1=O)Oc1ccccc1-2. The number of aryl methyl sites for hydroxylation is 1. The Hall–Kier alpha value is -4.99. The van der Waals surface area contributed by atoms with E-state index in [1.54, 1.807) is 36.4 Å². The molecule has 9 nitrogen and oxygen atoms in total. The van der Waals surface area contributed by atoms with Crippen molar-refractivity contribution in [1.82, 2.24) is 24.0 Å². The molecule has 1 aliphatic heterocycles. The van der Waals surface area contributed by atoms with Gasteiger partial charge < -0.3 is 24.1 Å². The highest BCUT2D eigenvalue weighted by atomic mass is 19.1. The molecular formula is C30H27FN6O3. The number of nitrogens with zero attached hydrogens (tertiary/aromatic N) is 5. The molecule has 0 bridgehead atoms. The molecule has 0 saturated heterocycles. The van der Waals surface area contributed by atoms with Crippen LogP contribution in [0.15, 0.2) is 84.4 Å². The van der Waals surface area contributed by atoms with Crippen molar-refractivity contribution in [3.63, 3.8) is 0 Å². The van der Waals surface area contributed by atoms with Crippen LogP contribution in [0.5, 0.6) is 11.5 Å². The van der Waals surface area contributed by atoms with Crippen LogP contribution in [0.3, 0.4) is 0 Å². The fraction of sp³-hybridized carbons (Fsp3) is 0.200. The number of halogens is 1. The molecule has 2 aromatic carbocycles. The Labute approximate surface area is 229 Å². The molecule has 0 saturated carbocycles. The van der Waals surface area contributed by atoms with Gasteiger partial charge in [-0.1, -0.05) is 18.2 Å². The maximum atomic E-state index is 15.6. The summed E-state index contributed by atoms with van der Waals surface area (Å²) in [6.07, 6.45) is 9.80. The first-order chi connectivity index (χ1) is 19.5. The number of likely N-dealkylation sites (N-methyl/N-ethyl adjacent to an activating group) is 1. The van der Waals surface area contributed by atoms with Crippen molar-refractivity contribution in [3.05, 3.63) is 107 Å². The number of imidazole rings is 1. The number of para-hydroxylation sites is 2. The van der Waals surface area contributed by atoms with E-state index in [0.29, 0.717) is 43.0 Å². The number of fused-ring (bicyclic) bond motifs is 2. The van der Waals surface area contributed by atoms with Crippen molar-refractivity contribution < 1.29 is 13.9 Å². The zero-order valence-corrected chi connectivity index (χ0v) is 21.9. The summed E-state index contributed by atoms with van der Waals surface area (Å²) >= 11 is 0. The Morgan fingerprint density at radius 2 is 2.00 bits per heavy atom. The average Bonchev–Trinajstić information content (AvgIpc) is 3.50. The van der Waals surface area contributed by atoms with Gasteiger partial charge in [-0.15, -0.1) is 0 Å². The van der Waals surface area contributed by atoms with E-state index in [1.165, 1.54) is 17.2 Å². The molecule has 3 aromatic heterocycles. The molecule has 0 spiro atoms. The monoisotopic (exact) mass is 538 g/mol. The molecule has 6 rings (SSSR count). The van der Waals surface area contributed by atoms with Gasteiger partial charge in [-0.3, -0.25) is 14.6 Å². The number of pyridine rings is 2. The topological polar surface area (TPSA) is 94.3 Å². The third-order valence-electron chi connectivity index (χ3n) is 6.99. The predicted molar refractivity (Wildman–Crippen MR) is 150 cm³/mol. The Bertz CT molecular complexity index is 1750. The molecule has 1 aliphatic rings. The quantitative estimate of drug-likeness (QED) is 0.270. The van der Waals surface area contributed by atoms with Gasteiger partial charge in [0.15, 0.2) is 17.3 Å². The molecule has 0 atom stereocenters. The molecule has 1 amide bonds. The Kier molecular flexibility index (Phi) is 6.73. The molecule has 1 N–H and O–H groups in total. The predicted octanol–water partition coefficient (Wildman–Crippen LogP) is 4.64. The number of hydrogen-bond acceptors (Lipinski definition) is 6. The van der Waals surface area contributed by atoms with Crippen LogP contribution in [0.4, 0.5) is 10.1 Å². The van der Waals surface area contributed by atoms with Crippen molar-refractivity contribution in [2.45, 2.75) is 19.4 Å². The second-order valence-corrected chi connectivity index (χ2v) is 9.65. The lowest BCUT2D eigenvalue weighted by atomic mass is 10.1. The van der Waals surface area contributed by atoms with Crippen molar-refractivity contribution in [2.75, 3.05) is 25.5 Å². The van der Waals surface area contributed by atoms with Crippen molar-refractivity contribution in [1.29, 1.82) is 0 Å². The second-order valence-electron chi connectivity index (χ2n) is 9.65. The molecule has 0 fully saturated rings. The van der Waals surface area contributed by atoms with Gasteiger partial charge in [0, 0.05) is 63.6 Å². The first-order valence-electron chi connectivity index (χ1n) is 13.1. The molecule has 0 unspecified atom stereocenters. The van der Waals surface area contributed by atoms with E-state index in [1.807, 2.05) is 47.2 Å². The van der Waals surface area contributed by atoms with Gasteiger partial charge in [-0.05, 0) is 36.8 Å². The van der Waals surface area contributed by atoms with Crippen LogP contribution in [0.2, 0.25) is 0 Å². The highest BCUT2D eigenvalue weighted by Crippen LogP contribution is 2.45. The molecule has 10 heteroatoms. The number of carbonyl (C=O) groups excluding carboxylic acids is 1. The molecule has 40 heavy (non-hydrogen) atoms. The van der Waals surface area contributed by atoms with E-state index in [2.05, 4.69) is 15.3 Å². The van der Waals surface area contributed by atoms with E-state index in [9.17, 15) is 9.59 Å². The van der Waals surface area contributed by atoms with Crippen LogP contribution in [0.1, 0.15) is 22.5 Å². The molecule has 202 valence electrons. The minimum atomic E-state index is -0.624. The lowest BCUT2D eigenvalue weighted by molar-refractivity contribution is 0.0794. The maximum Gasteiger partial charge on any atom is 0.259 e. The number of anilines is 1. The number of ether oxygens (including phenoxy) is 1. The first kappa shape index (κ1) is 25.3. The van der Waals surface area contributed by atoms with Crippen LogP contribution >= 0.6 is 0 Å². The summed E-state index contributed by atoms with van der Waals surface area (Å²) in [4.78, 5) is 36.9. The Morgan fingerprint density at radius 1 is 1.15 bits per heavy atom. The van der Waals surface area contributed by atoms with Crippen LogP contribution in [0, 0.1) is 5.82 Å². The van der Waals surface area contributed by atoms with Gasteiger partial charge in [0.1, 0.15) is 16.8 Å². The summed E-state index contributed by atoms with van der Waals surface area (Å²) in [7, 11) is 1.64. The minimum absolute atomic E-state index is 0.0425. The molecule has 0 radical (unpaired) electrons. The smallest absolute Gasteiger partial charge is 0.259 e. The standard InChI is InChI=1S/C30H27FN6O3/c1-35(15-10-20-7-4-5-11-33-20)30(39)22-18-37-24-8-2-3-9-25(24)40-29-26(23(31)17-21(27(29)37)28(22)38)34-12-6-14-36-16-13-32-19-36/h2-5,7-9,11,13,16-19,34H,6,10,12,14-15H2,1H3. The molecule has 4 heterocycles. The van der Waals surface area contributed by atoms with Crippen molar-refractivity contribution in [2.24, 2.45) is 0 Å². The zero-order chi connectivity index (χ0) is 27.6. The van der Waals surface area contributed by atoms with Crippen molar-refractivity contribution >= 4 is 22.5 Å². The molecule has 5 aromatic rings. The number of carbonyl (C=O) groups is 1. The summed E-state index contributed by atoms with van der Waals surface area (Å²) in [6.45, 7) is 1.56. The van der Waals surface area contributed by atoms with E-state index >= 15 is 4.39 Å². The number of benzene rings is 2. The number of hydrogen-bond donors (Lipinski definition) is 1. The summed E-state index contributed by atoms with van der Waals surface area (Å²) in [6, 6.07) is 14.1. The lowest BCUT2D eigenvalue weighted by Crippen LogP contribution is -2.33. The number of nitrogens with one attached hydrogen (secondary N) is 1. The van der Waals surface area contributed by atoms with Crippen LogP contribution in [-0.4, -0.2) is 50.0 Å². The number of amides is 1. The maximum absolute atomic E-state index is 15.6. The highest BCUT2D eigenvalue weighted by molar-refractivity contribution is 6.01. The van der Waals surface area contributed by atoms with Crippen molar-refractivity contribution in [3.8, 4) is 17.2 Å². The summed E-state index contributed by atoms with van der Waals surface area (Å²) in [5, 5.41) is 3.23. The first-order valence-corrected chi connectivity index (χ1v) is 13.1. The van der Waals surface area contributed by atoms with E-state index in [0.717, 1.165) is 12.1 Å². The van der Waals surface area contributed by atoms with Gasteiger partial charge in [-0.2, -0.15) is 0 Å². The fourth-order valence-corrected chi connectivity index (χ4v) is 4.91. The normalized spacial score (nSPS) is 11.7. The Balaban J connectivity index is 1.37. The minimum Gasteiger partial charge on any atom is -0.451 e. The van der Waals surface area contributed by atoms with Crippen LogP contribution in [0.25, 0.3) is 16.6 Å². The molecular weight excluding hydrogens is 511 g/mol. The van der Waals surface area contributed by atoms with Gasteiger partial charge >= 0.3 is 0 Å². The number of rotatable bonds is 9. The summed E-state index contributed by atoms with van der Waals surface area (Å²) < 4.78 is 25.4.